The van der Waals surface area contributed by atoms with E-state index in [2.05, 4.69) is 10.6 Å². The van der Waals surface area contributed by atoms with Crippen molar-refractivity contribution in [1.82, 2.24) is 10.2 Å². The molecule has 3 rings (SSSR count). The Hall–Kier alpha value is -3.55. The first-order chi connectivity index (χ1) is 16.0. The van der Waals surface area contributed by atoms with E-state index in [0.29, 0.717) is 43.1 Å². The highest BCUT2D eigenvalue weighted by Crippen LogP contribution is 2.28. The van der Waals surface area contributed by atoms with Gasteiger partial charge in [0, 0.05) is 37.3 Å². The van der Waals surface area contributed by atoms with Crippen LogP contribution in [-0.4, -0.2) is 49.4 Å². The number of carbonyl (C=O) groups excluding carboxylic acids is 3. The van der Waals surface area contributed by atoms with Crippen LogP contribution in [0.2, 0.25) is 0 Å². The summed E-state index contributed by atoms with van der Waals surface area (Å²) in [6.07, 6.45) is 2.95. The Morgan fingerprint density at radius 2 is 1.82 bits per heavy atom. The largest absolute Gasteiger partial charge is 0.493 e. The Bertz CT molecular complexity index is 986. The molecule has 0 unspecified atom stereocenters. The molecule has 33 heavy (non-hydrogen) atoms. The molecule has 8 nitrogen and oxygen atoms in total. The molecule has 0 bridgehead atoms. The van der Waals surface area contributed by atoms with E-state index in [1.165, 1.54) is 14.0 Å². The number of likely N-dealkylation sites (tertiary alicyclic amines) is 1. The van der Waals surface area contributed by atoms with E-state index in [1.54, 1.807) is 18.2 Å². The van der Waals surface area contributed by atoms with Crippen LogP contribution >= 0.6 is 0 Å². The fourth-order valence-electron chi connectivity index (χ4n) is 3.59. The normalized spacial score (nSPS) is 12.8. The summed E-state index contributed by atoms with van der Waals surface area (Å²) in [5, 5.41) is 5.81. The molecule has 0 radical (unpaired) electrons. The number of nitrogens with zero attached hydrogens (tertiary/aromatic N) is 1. The zero-order chi connectivity index (χ0) is 23.6. The topological polar surface area (TPSA) is 97.0 Å². The van der Waals surface area contributed by atoms with E-state index in [4.69, 9.17) is 9.47 Å². The van der Waals surface area contributed by atoms with E-state index in [9.17, 15) is 14.4 Å². The summed E-state index contributed by atoms with van der Waals surface area (Å²) in [6.45, 7) is 3.81. The lowest BCUT2D eigenvalue weighted by molar-refractivity contribution is -0.121. The minimum atomic E-state index is -0.0822. The Morgan fingerprint density at radius 3 is 2.55 bits per heavy atom. The Balaban J connectivity index is 1.39. The minimum absolute atomic E-state index is 0.0453. The maximum absolute atomic E-state index is 12.2. The summed E-state index contributed by atoms with van der Waals surface area (Å²) in [6, 6.07) is 12.4. The van der Waals surface area contributed by atoms with Crippen LogP contribution in [0.25, 0.3) is 0 Å². The van der Waals surface area contributed by atoms with Crippen molar-refractivity contribution in [3.8, 4) is 11.5 Å². The fraction of sp³-hybridized carbons (Fsp3) is 0.400. The van der Waals surface area contributed by atoms with E-state index in [-0.39, 0.29) is 17.7 Å². The lowest BCUT2D eigenvalue weighted by Gasteiger charge is -2.16. The maximum Gasteiger partial charge on any atom is 0.321 e. The molecule has 1 fully saturated rings. The molecule has 1 heterocycles. The molecule has 1 saturated heterocycles. The van der Waals surface area contributed by atoms with Crippen LogP contribution in [0.3, 0.4) is 0 Å². The van der Waals surface area contributed by atoms with Crippen molar-refractivity contribution >= 4 is 23.4 Å². The molecule has 2 N–H and O–H groups in total. The van der Waals surface area contributed by atoms with Crippen molar-refractivity contribution in [2.24, 2.45) is 0 Å². The van der Waals surface area contributed by atoms with Gasteiger partial charge in [-0.05, 0) is 62.1 Å². The lowest BCUT2D eigenvalue weighted by atomic mass is 10.1. The second-order valence-corrected chi connectivity index (χ2v) is 7.98. The summed E-state index contributed by atoms with van der Waals surface area (Å²) < 4.78 is 11.0. The van der Waals surface area contributed by atoms with Crippen molar-refractivity contribution < 1.29 is 23.9 Å². The average Bonchev–Trinajstić information content (AvgIpc) is 3.36. The minimum Gasteiger partial charge on any atom is -0.493 e. The number of nitrogens with one attached hydrogen (secondary N) is 2. The number of hydrogen-bond donors (Lipinski definition) is 2. The summed E-state index contributed by atoms with van der Waals surface area (Å²) in [4.78, 5) is 37.7. The molecule has 0 spiro atoms. The molecule has 0 atom stereocenters. The maximum atomic E-state index is 12.2. The first-order valence-electron chi connectivity index (χ1n) is 11.2. The van der Waals surface area contributed by atoms with Crippen LogP contribution in [-0.2, 0) is 11.3 Å². The van der Waals surface area contributed by atoms with Gasteiger partial charge in [0.15, 0.2) is 17.3 Å². The molecule has 8 heteroatoms. The number of benzene rings is 2. The Kier molecular flexibility index (Phi) is 8.69. The average molecular weight is 454 g/mol. The van der Waals surface area contributed by atoms with Gasteiger partial charge in [-0.15, -0.1) is 0 Å². The van der Waals surface area contributed by atoms with Crippen molar-refractivity contribution in [2.45, 2.75) is 39.2 Å². The van der Waals surface area contributed by atoms with Gasteiger partial charge in [-0.3, -0.25) is 9.59 Å². The van der Waals surface area contributed by atoms with Gasteiger partial charge in [0.1, 0.15) is 0 Å². The second-order valence-electron chi connectivity index (χ2n) is 7.98. The standard InChI is InChI=1S/C25H31N3O5/c1-18(29)20-10-11-22(23(16-20)32-2)33-14-6-9-24(30)26-17-19-7-5-8-21(15-19)27-25(31)28-12-3-4-13-28/h5,7-8,10-11,15-16H,3-4,6,9,12-14,17H2,1-2H3,(H,26,30)(H,27,31). The van der Waals surface area contributed by atoms with Crippen LogP contribution in [0.4, 0.5) is 10.5 Å². The number of urea groups is 1. The molecule has 2 aromatic rings. The molecule has 0 saturated carbocycles. The molecule has 0 aliphatic carbocycles. The fourth-order valence-corrected chi connectivity index (χ4v) is 3.59. The van der Waals surface area contributed by atoms with E-state index < -0.39 is 0 Å². The van der Waals surface area contributed by atoms with Gasteiger partial charge in [0.05, 0.1) is 13.7 Å². The second kappa shape index (κ2) is 11.9. The number of Topliss-reactive ketones (excluding diaryl/α,β-unsaturated/α-hetero) is 1. The summed E-state index contributed by atoms with van der Waals surface area (Å²) >= 11 is 0. The smallest absolute Gasteiger partial charge is 0.321 e. The van der Waals surface area contributed by atoms with Gasteiger partial charge < -0.3 is 25.0 Å². The molecular weight excluding hydrogens is 422 g/mol. The number of hydrogen-bond acceptors (Lipinski definition) is 5. The highest BCUT2D eigenvalue weighted by molar-refractivity contribution is 5.94. The highest BCUT2D eigenvalue weighted by atomic mass is 16.5. The third-order valence-corrected chi connectivity index (χ3v) is 5.44. The Labute approximate surface area is 194 Å². The highest BCUT2D eigenvalue weighted by Gasteiger charge is 2.17. The zero-order valence-electron chi connectivity index (χ0n) is 19.2. The van der Waals surface area contributed by atoms with Crippen LogP contribution in [0.1, 0.15) is 48.5 Å². The van der Waals surface area contributed by atoms with Gasteiger partial charge in [0.25, 0.3) is 0 Å². The SMILES string of the molecule is COc1cc(C(C)=O)ccc1OCCCC(=O)NCc1cccc(NC(=O)N2CCCC2)c1. The van der Waals surface area contributed by atoms with Gasteiger partial charge in [-0.2, -0.15) is 0 Å². The first-order valence-corrected chi connectivity index (χ1v) is 11.2. The number of ether oxygens (including phenoxy) is 2. The van der Waals surface area contributed by atoms with E-state index in [1.807, 2.05) is 29.2 Å². The van der Waals surface area contributed by atoms with Gasteiger partial charge in [0.2, 0.25) is 5.91 Å². The number of anilines is 1. The van der Waals surface area contributed by atoms with E-state index in [0.717, 1.165) is 37.2 Å². The molecule has 1 aliphatic rings. The third kappa shape index (κ3) is 7.24. The predicted molar refractivity (Wildman–Crippen MR) is 126 cm³/mol. The molecule has 176 valence electrons. The molecule has 3 amide bonds. The Morgan fingerprint density at radius 1 is 1.03 bits per heavy atom. The summed E-state index contributed by atoms with van der Waals surface area (Å²) in [5.74, 6) is 0.902. The van der Waals surface area contributed by atoms with Crippen molar-refractivity contribution in [2.75, 3.05) is 32.1 Å². The molecule has 2 aromatic carbocycles. The number of amides is 3. The van der Waals surface area contributed by atoms with E-state index >= 15 is 0 Å². The molecule has 1 aliphatic heterocycles. The van der Waals surface area contributed by atoms with Gasteiger partial charge in [-0.1, -0.05) is 12.1 Å². The number of carbonyl (C=O) groups is 3. The van der Waals surface area contributed by atoms with Crippen LogP contribution in [0.5, 0.6) is 11.5 Å². The predicted octanol–water partition coefficient (Wildman–Crippen LogP) is 4.00. The third-order valence-electron chi connectivity index (χ3n) is 5.44. The quantitative estimate of drug-likeness (QED) is 0.419. The first kappa shape index (κ1) is 24.1. The molecular formula is C25H31N3O5. The van der Waals surface area contributed by atoms with Gasteiger partial charge in [-0.25, -0.2) is 4.79 Å². The van der Waals surface area contributed by atoms with Gasteiger partial charge >= 0.3 is 6.03 Å². The molecule has 0 aromatic heterocycles. The van der Waals surface area contributed by atoms with Crippen molar-refractivity contribution in [3.63, 3.8) is 0 Å². The number of rotatable bonds is 10. The zero-order valence-corrected chi connectivity index (χ0v) is 19.2. The summed E-state index contributed by atoms with van der Waals surface area (Å²) in [5.41, 5.74) is 2.18. The van der Waals surface area contributed by atoms with Crippen LogP contribution in [0, 0.1) is 0 Å². The number of methoxy groups -OCH3 is 1. The summed E-state index contributed by atoms with van der Waals surface area (Å²) in [7, 11) is 1.52. The van der Waals surface area contributed by atoms with Crippen LogP contribution in [0.15, 0.2) is 42.5 Å². The monoisotopic (exact) mass is 453 g/mol. The van der Waals surface area contributed by atoms with Crippen LogP contribution < -0.4 is 20.1 Å². The lowest BCUT2D eigenvalue weighted by Crippen LogP contribution is -2.32. The number of ketones is 1. The van der Waals surface area contributed by atoms with Crippen molar-refractivity contribution in [1.29, 1.82) is 0 Å². The van der Waals surface area contributed by atoms with Crippen molar-refractivity contribution in [3.05, 3.63) is 53.6 Å².